The highest BCUT2D eigenvalue weighted by molar-refractivity contribution is 7.91. The zero-order valence-corrected chi connectivity index (χ0v) is 12.6. The summed E-state index contributed by atoms with van der Waals surface area (Å²) in [6.07, 6.45) is 0.858. The van der Waals surface area contributed by atoms with Crippen molar-refractivity contribution < 1.29 is 8.42 Å². The van der Waals surface area contributed by atoms with Crippen LogP contribution in [-0.2, 0) is 15.4 Å². The monoisotopic (exact) mass is 288 g/mol. The minimum atomic E-state index is -3.35. The van der Waals surface area contributed by atoms with Gasteiger partial charge in [-0.2, -0.15) is 0 Å². The van der Waals surface area contributed by atoms with E-state index < -0.39 is 10.0 Å². The molecule has 4 nitrogen and oxygen atoms in total. The van der Waals surface area contributed by atoms with E-state index in [9.17, 15) is 8.42 Å². The fraction of sp³-hybridized carbons (Fsp3) is 0.667. The molecule has 0 spiro atoms. The summed E-state index contributed by atoms with van der Waals surface area (Å²) in [5, 5.41) is 3.15. The summed E-state index contributed by atoms with van der Waals surface area (Å²) >= 11 is 1.36. The Labute approximate surface area is 113 Å². The highest BCUT2D eigenvalue weighted by Gasteiger charge is 2.25. The maximum atomic E-state index is 12.2. The lowest BCUT2D eigenvalue weighted by Gasteiger charge is -2.15. The number of nitrogens with one attached hydrogen (secondary N) is 2. The van der Waals surface area contributed by atoms with Gasteiger partial charge in [0.15, 0.2) is 0 Å². The number of rotatable bonds is 3. The number of hydrogen-bond donors (Lipinski definition) is 2. The molecule has 0 saturated carbocycles. The van der Waals surface area contributed by atoms with Gasteiger partial charge in [0.1, 0.15) is 4.21 Å². The first-order chi connectivity index (χ1) is 8.29. The molecule has 0 amide bonds. The Morgan fingerprint density at radius 2 is 2.11 bits per heavy atom. The quantitative estimate of drug-likeness (QED) is 0.890. The summed E-state index contributed by atoms with van der Waals surface area (Å²) < 4.78 is 27.6. The van der Waals surface area contributed by atoms with Crippen molar-refractivity contribution in [1.82, 2.24) is 10.0 Å². The highest BCUT2D eigenvalue weighted by Crippen LogP contribution is 2.31. The van der Waals surface area contributed by atoms with Crippen LogP contribution in [0.4, 0.5) is 0 Å². The Bertz CT molecular complexity index is 508. The second-order valence-electron chi connectivity index (χ2n) is 5.68. The second-order valence-corrected chi connectivity index (χ2v) is 8.70. The Kier molecular flexibility index (Phi) is 3.82. The molecule has 2 N–H and O–H groups in total. The van der Waals surface area contributed by atoms with Gasteiger partial charge < -0.3 is 5.32 Å². The summed E-state index contributed by atoms with van der Waals surface area (Å²) in [6.45, 7) is 7.86. The summed E-state index contributed by atoms with van der Waals surface area (Å²) in [6, 6.07) is 3.64. The van der Waals surface area contributed by atoms with Crippen molar-refractivity contribution in [3.8, 4) is 0 Å². The van der Waals surface area contributed by atoms with Gasteiger partial charge >= 0.3 is 0 Å². The first-order valence-corrected chi connectivity index (χ1v) is 8.42. The van der Waals surface area contributed by atoms with E-state index in [1.165, 1.54) is 11.3 Å². The van der Waals surface area contributed by atoms with E-state index in [-0.39, 0.29) is 11.5 Å². The molecule has 102 valence electrons. The molecule has 1 saturated heterocycles. The van der Waals surface area contributed by atoms with Crippen LogP contribution in [0.1, 0.15) is 32.1 Å². The molecular formula is C12H20N2O2S2. The molecule has 1 atom stereocenters. The fourth-order valence-corrected chi connectivity index (χ4v) is 4.55. The van der Waals surface area contributed by atoms with E-state index in [1.807, 2.05) is 6.07 Å². The minimum absolute atomic E-state index is 0.00660. The van der Waals surface area contributed by atoms with Gasteiger partial charge in [-0.3, -0.25) is 0 Å². The molecule has 1 unspecified atom stereocenters. The first-order valence-electron chi connectivity index (χ1n) is 6.12. The van der Waals surface area contributed by atoms with Crippen LogP contribution in [0, 0.1) is 0 Å². The van der Waals surface area contributed by atoms with Crippen LogP contribution in [0.3, 0.4) is 0 Å². The van der Waals surface area contributed by atoms with E-state index in [0.29, 0.717) is 4.21 Å². The topological polar surface area (TPSA) is 58.2 Å². The van der Waals surface area contributed by atoms with Gasteiger partial charge in [-0.05, 0) is 30.5 Å². The maximum Gasteiger partial charge on any atom is 0.250 e. The minimum Gasteiger partial charge on any atom is -0.315 e. The lowest BCUT2D eigenvalue weighted by Crippen LogP contribution is -2.35. The Hall–Kier alpha value is -0.430. The van der Waals surface area contributed by atoms with E-state index in [0.717, 1.165) is 24.4 Å². The summed E-state index contributed by atoms with van der Waals surface area (Å²) in [7, 11) is -3.35. The molecule has 0 aromatic carbocycles. The Morgan fingerprint density at radius 3 is 2.61 bits per heavy atom. The molecule has 2 heterocycles. The van der Waals surface area contributed by atoms with E-state index in [2.05, 4.69) is 30.8 Å². The number of sulfonamides is 1. The lowest BCUT2D eigenvalue weighted by atomic mass is 9.95. The largest absolute Gasteiger partial charge is 0.315 e. The molecule has 0 bridgehead atoms. The molecule has 0 radical (unpaired) electrons. The molecular weight excluding hydrogens is 268 g/mol. The van der Waals surface area contributed by atoms with Gasteiger partial charge in [-0.25, -0.2) is 13.1 Å². The summed E-state index contributed by atoms with van der Waals surface area (Å²) in [4.78, 5) is 1.09. The number of thiophene rings is 1. The zero-order valence-electron chi connectivity index (χ0n) is 11.0. The van der Waals surface area contributed by atoms with Crippen LogP contribution in [-0.4, -0.2) is 27.5 Å². The van der Waals surface area contributed by atoms with Gasteiger partial charge in [0.2, 0.25) is 10.0 Å². The molecule has 1 aliphatic rings. The smallest absolute Gasteiger partial charge is 0.250 e. The third kappa shape index (κ3) is 3.12. The summed E-state index contributed by atoms with van der Waals surface area (Å²) in [5.74, 6) is 0. The van der Waals surface area contributed by atoms with Crippen molar-refractivity contribution >= 4 is 21.4 Å². The molecule has 18 heavy (non-hydrogen) atoms. The van der Waals surface area contributed by atoms with Crippen molar-refractivity contribution in [2.45, 2.75) is 42.9 Å². The summed E-state index contributed by atoms with van der Waals surface area (Å²) in [5.41, 5.74) is -0.00660. The fourth-order valence-electron chi connectivity index (χ4n) is 1.90. The number of hydrogen-bond acceptors (Lipinski definition) is 4. The molecule has 2 rings (SSSR count). The van der Waals surface area contributed by atoms with Crippen molar-refractivity contribution in [2.75, 3.05) is 13.1 Å². The predicted octanol–water partition coefficient (Wildman–Crippen LogP) is 1.69. The molecule has 0 aliphatic carbocycles. The average Bonchev–Trinajstić information content (AvgIpc) is 2.83. The average molecular weight is 288 g/mol. The first kappa shape index (κ1) is 14.0. The Morgan fingerprint density at radius 1 is 1.39 bits per heavy atom. The van der Waals surface area contributed by atoms with Gasteiger partial charge in [0.05, 0.1) is 0 Å². The second kappa shape index (κ2) is 4.92. The molecule has 1 aliphatic heterocycles. The van der Waals surface area contributed by atoms with E-state index in [4.69, 9.17) is 0 Å². The molecule has 1 fully saturated rings. The standard InChI is InChI=1S/C12H20N2O2S2/c1-12(2,3)10-4-5-11(17-10)18(15,16)14-9-6-7-13-8-9/h4-5,9,13-14H,6-8H2,1-3H3. The van der Waals surface area contributed by atoms with Gasteiger partial charge in [0, 0.05) is 17.5 Å². The van der Waals surface area contributed by atoms with Crippen LogP contribution < -0.4 is 10.0 Å². The predicted molar refractivity (Wildman–Crippen MR) is 74.6 cm³/mol. The maximum absolute atomic E-state index is 12.2. The van der Waals surface area contributed by atoms with Crippen molar-refractivity contribution in [3.05, 3.63) is 17.0 Å². The van der Waals surface area contributed by atoms with Crippen molar-refractivity contribution in [1.29, 1.82) is 0 Å². The van der Waals surface area contributed by atoms with Gasteiger partial charge in [0.25, 0.3) is 0 Å². The SMILES string of the molecule is CC(C)(C)c1ccc(S(=O)(=O)NC2CCNC2)s1. The molecule has 1 aromatic rings. The van der Waals surface area contributed by atoms with Crippen LogP contribution in [0.2, 0.25) is 0 Å². The van der Waals surface area contributed by atoms with Crippen LogP contribution in [0.25, 0.3) is 0 Å². The Balaban J connectivity index is 2.17. The third-order valence-corrected chi connectivity index (χ3v) is 6.49. The van der Waals surface area contributed by atoms with Gasteiger partial charge in [-0.15, -0.1) is 11.3 Å². The normalized spacial score (nSPS) is 21.4. The van der Waals surface area contributed by atoms with E-state index >= 15 is 0 Å². The molecule has 6 heteroatoms. The third-order valence-electron chi connectivity index (χ3n) is 2.97. The molecule has 1 aromatic heterocycles. The zero-order chi connectivity index (χ0) is 13.4. The van der Waals surface area contributed by atoms with Crippen LogP contribution in [0.5, 0.6) is 0 Å². The highest BCUT2D eigenvalue weighted by atomic mass is 32.2. The van der Waals surface area contributed by atoms with Crippen LogP contribution in [0.15, 0.2) is 16.3 Å². The van der Waals surface area contributed by atoms with Crippen LogP contribution >= 0.6 is 11.3 Å². The van der Waals surface area contributed by atoms with E-state index in [1.54, 1.807) is 6.07 Å². The van der Waals surface area contributed by atoms with Crippen molar-refractivity contribution in [2.24, 2.45) is 0 Å². The van der Waals surface area contributed by atoms with Gasteiger partial charge in [-0.1, -0.05) is 20.8 Å². The lowest BCUT2D eigenvalue weighted by molar-refractivity contribution is 0.562. The van der Waals surface area contributed by atoms with Crippen molar-refractivity contribution in [3.63, 3.8) is 0 Å².